The molecule has 6 nitrogen and oxygen atoms in total. The van der Waals surface area contributed by atoms with Crippen LogP contribution in [0.15, 0.2) is 0 Å². The Labute approximate surface area is 70.7 Å². The molecule has 0 aliphatic rings. The first-order valence-electron chi connectivity index (χ1n) is 1.59. The molecule has 0 aromatic carbocycles. The van der Waals surface area contributed by atoms with Gasteiger partial charge in [-0.05, 0) is 0 Å². The van der Waals surface area contributed by atoms with Crippen molar-refractivity contribution in [2.24, 2.45) is 0 Å². The molecule has 64 valence electrons. The zero-order valence-corrected chi connectivity index (χ0v) is 8.51. The van der Waals surface area contributed by atoms with E-state index in [0.717, 1.165) is 21.2 Å². The Bertz CT molecular complexity index is 212. The van der Waals surface area contributed by atoms with Gasteiger partial charge in [-0.15, -0.1) is 0 Å². The molecule has 0 heterocycles. The fourth-order valence-electron chi connectivity index (χ4n) is 0. The summed E-state index contributed by atoms with van der Waals surface area (Å²) in [6.07, 6.45) is 0.715. The Morgan fingerprint density at radius 3 is 1.10 bits per heavy atom. The monoisotopic (exact) mass is 304 g/mol. The molecule has 2 N–H and O–H groups in total. The van der Waals surface area contributed by atoms with E-state index >= 15 is 0 Å². The molecule has 0 unspecified atom stereocenters. The highest BCUT2D eigenvalue weighted by Gasteiger charge is 1.85. The molecule has 0 rings (SSSR count). The standard InChI is InChI=1S/CH4O3S.HIO3S/c2*1-5(2,3)4/h1H3,(H,2,3,4);(H,2,3,4). The maximum Gasteiger partial charge on any atom is 0.318 e. The lowest BCUT2D eigenvalue weighted by molar-refractivity contribution is 0.490. The molecule has 0 radical (unpaired) electrons. The van der Waals surface area contributed by atoms with Crippen molar-refractivity contribution in [3.8, 4) is 0 Å². The number of hydrogen-bond acceptors (Lipinski definition) is 4. The van der Waals surface area contributed by atoms with Crippen molar-refractivity contribution in [3.05, 3.63) is 0 Å². The van der Waals surface area contributed by atoms with Crippen LogP contribution in [0.25, 0.3) is 0 Å². The second-order valence-electron chi connectivity index (χ2n) is 1.15. The van der Waals surface area contributed by atoms with Gasteiger partial charge in [-0.3, -0.25) is 9.11 Å². The largest absolute Gasteiger partial charge is 0.318 e. The highest BCUT2D eigenvalue weighted by atomic mass is 127. The summed E-state index contributed by atoms with van der Waals surface area (Å²) in [4.78, 5) is 0. The van der Waals surface area contributed by atoms with Gasteiger partial charge < -0.3 is 0 Å². The van der Waals surface area contributed by atoms with E-state index in [2.05, 4.69) is 0 Å². The molecule has 0 saturated heterocycles. The molecule has 10 heavy (non-hydrogen) atoms. The Balaban J connectivity index is 0. The third-order valence-corrected chi connectivity index (χ3v) is 0. The number of halogens is 1. The van der Waals surface area contributed by atoms with Gasteiger partial charge in [0.05, 0.1) is 6.26 Å². The van der Waals surface area contributed by atoms with Crippen LogP contribution in [0.5, 0.6) is 0 Å². The molecular weight excluding hydrogens is 299 g/mol. The average molecular weight is 304 g/mol. The van der Waals surface area contributed by atoms with Crippen molar-refractivity contribution >= 4 is 38.6 Å². The molecule has 0 aliphatic carbocycles. The van der Waals surface area contributed by atoms with E-state index in [1.807, 2.05) is 0 Å². The van der Waals surface area contributed by atoms with Crippen LogP contribution >= 0.6 is 21.2 Å². The molecule has 0 aromatic rings. The fraction of sp³-hybridized carbons (Fsp3) is 1.00. The van der Waals surface area contributed by atoms with Crippen molar-refractivity contribution in [2.45, 2.75) is 0 Å². The number of rotatable bonds is 0. The van der Waals surface area contributed by atoms with E-state index in [4.69, 9.17) is 9.11 Å². The van der Waals surface area contributed by atoms with Gasteiger partial charge >= 0.3 is 7.29 Å². The minimum Gasteiger partial charge on any atom is -0.286 e. The molecular formula is CH5IO6S2. The minimum absolute atomic E-state index is 0.715. The Kier molecular flexibility index (Phi) is 5.83. The van der Waals surface area contributed by atoms with Gasteiger partial charge in [0.15, 0.2) is 0 Å². The SMILES string of the molecule is CS(=O)(=O)O.O=S(=O)(O)I. The van der Waals surface area contributed by atoms with Crippen LogP contribution in [0.3, 0.4) is 0 Å². The summed E-state index contributed by atoms with van der Waals surface area (Å²) in [6, 6.07) is 0. The van der Waals surface area contributed by atoms with Crippen molar-refractivity contribution in [2.75, 3.05) is 6.26 Å². The van der Waals surface area contributed by atoms with Gasteiger partial charge in [0.2, 0.25) is 0 Å². The highest BCUT2D eigenvalue weighted by molar-refractivity contribution is 14.2. The molecule has 9 heteroatoms. The van der Waals surface area contributed by atoms with Crippen LogP contribution < -0.4 is 0 Å². The fourth-order valence-corrected chi connectivity index (χ4v) is 0. The molecule has 0 fully saturated rings. The van der Waals surface area contributed by atoms with Crippen LogP contribution in [0, 0.1) is 0 Å². The van der Waals surface area contributed by atoms with Crippen LogP contribution in [0.1, 0.15) is 0 Å². The lowest BCUT2D eigenvalue weighted by atomic mass is 12.0. The highest BCUT2D eigenvalue weighted by Crippen LogP contribution is 1.90. The molecule has 0 aliphatic heterocycles. The quantitative estimate of drug-likeness (QED) is 0.362. The molecule has 0 spiro atoms. The van der Waals surface area contributed by atoms with Gasteiger partial charge in [0, 0.05) is 0 Å². The Morgan fingerprint density at radius 2 is 1.10 bits per heavy atom. The van der Waals surface area contributed by atoms with E-state index in [-0.39, 0.29) is 0 Å². The van der Waals surface area contributed by atoms with E-state index < -0.39 is 17.4 Å². The summed E-state index contributed by atoms with van der Waals surface area (Å²) in [5.41, 5.74) is 0. The minimum atomic E-state index is -3.70. The first kappa shape index (κ1) is 13.2. The Hall–Kier alpha value is 0.550. The van der Waals surface area contributed by atoms with Gasteiger partial charge in [-0.1, -0.05) is 0 Å². The summed E-state index contributed by atoms with van der Waals surface area (Å²) in [6.45, 7) is 0. The van der Waals surface area contributed by atoms with Gasteiger partial charge in [0.1, 0.15) is 21.2 Å². The molecule has 0 amide bonds. The zero-order valence-electron chi connectivity index (χ0n) is 4.72. The molecule has 0 aromatic heterocycles. The van der Waals surface area contributed by atoms with Gasteiger partial charge in [-0.25, -0.2) is 0 Å². The first-order valence-corrected chi connectivity index (χ1v) is 7.43. The normalized spacial score (nSPS) is 11.6. The summed E-state index contributed by atoms with van der Waals surface area (Å²) < 4.78 is 51.7. The van der Waals surface area contributed by atoms with E-state index in [9.17, 15) is 16.8 Å². The van der Waals surface area contributed by atoms with E-state index in [1.165, 1.54) is 0 Å². The van der Waals surface area contributed by atoms with Crippen molar-refractivity contribution in [3.63, 3.8) is 0 Å². The third-order valence-electron chi connectivity index (χ3n) is 0. The predicted molar refractivity (Wildman–Crippen MR) is 43.0 cm³/mol. The number of hydrogen-bond donors (Lipinski definition) is 2. The second-order valence-corrected chi connectivity index (χ2v) is 6.77. The van der Waals surface area contributed by atoms with Crippen LogP contribution in [-0.4, -0.2) is 32.2 Å². The van der Waals surface area contributed by atoms with E-state index in [0.29, 0.717) is 6.26 Å². The van der Waals surface area contributed by atoms with Gasteiger partial charge in [-0.2, -0.15) is 16.8 Å². The maximum atomic E-state index is 9.19. The second kappa shape index (κ2) is 4.43. The van der Waals surface area contributed by atoms with Crippen molar-refractivity contribution in [1.82, 2.24) is 0 Å². The average Bonchev–Trinajstić information content (AvgIpc) is 1.12. The van der Waals surface area contributed by atoms with E-state index in [1.54, 1.807) is 0 Å². The lowest BCUT2D eigenvalue weighted by Gasteiger charge is -1.69. The summed E-state index contributed by atoms with van der Waals surface area (Å²) in [7, 11) is -7.36. The van der Waals surface area contributed by atoms with Crippen molar-refractivity contribution < 1.29 is 25.9 Å². The first-order chi connectivity index (χ1) is 4.00. The third kappa shape index (κ3) is 1610. The summed E-state index contributed by atoms with van der Waals surface area (Å²) in [5.74, 6) is 0. The van der Waals surface area contributed by atoms with Crippen LogP contribution in [0.4, 0.5) is 0 Å². The lowest BCUT2D eigenvalue weighted by Crippen LogP contribution is -1.88. The van der Waals surface area contributed by atoms with Crippen molar-refractivity contribution in [1.29, 1.82) is 0 Å². The van der Waals surface area contributed by atoms with Crippen LogP contribution in [0.2, 0.25) is 0 Å². The Morgan fingerprint density at radius 1 is 1.10 bits per heavy atom. The molecule has 0 bridgehead atoms. The maximum absolute atomic E-state index is 9.19. The smallest absolute Gasteiger partial charge is 0.286 e. The van der Waals surface area contributed by atoms with Gasteiger partial charge in [0.25, 0.3) is 10.1 Å². The topological polar surface area (TPSA) is 109 Å². The molecule has 0 saturated carbocycles. The summed E-state index contributed by atoms with van der Waals surface area (Å²) in [5, 5.41) is 0. The summed E-state index contributed by atoms with van der Waals surface area (Å²) >= 11 is 0.905. The molecule has 0 atom stereocenters. The predicted octanol–water partition coefficient (Wildman–Crippen LogP) is -0.272. The zero-order chi connectivity index (χ0) is 9.00. The van der Waals surface area contributed by atoms with Crippen LogP contribution in [-0.2, 0) is 17.4 Å².